The lowest BCUT2D eigenvalue weighted by atomic mass is 10.1. The number of carboxylic acid groups (broad SMARTS) is 1. The third-order valence-corrected chi connectivity index (χ3v) is 3.31. The zero-order chi connectivity index (χ0) is 14.8. The van der Waals surface area contributed by atoms with Crippen molar-refractivity contribution in [2.24, 2.45) is 0 Å². The fourth-order valence-corrected chi connectivity index (χ4v) is 2.32. The second-order valence-corrected chi connectivity index (χ2v) is 4.70. The number of hydrogen-bond acceptors (Lipinski definition) is 6. The molecule has 0 spiro atoms. The van der Waals surface area contributed by atoms with Crippen LogP contribution in [0.25, 0.3) is 11.0 Å². The molecule has 1 atom stereocenters. The van der Waals surface area contributed by atoms with Crippen LogP contribution in [-0.2, 0) is 9.59 Å². The molecule has 0 bridgehead atoms. The van der Waals surface area contributed by atoms with Gasteiger partial charge in [-0.3, -0.25) is 9.59 Å². The summed E-state index contributed by atoms with van der Waals surface area (Å²) in [6, 6.07) is 6.43. The molecule has 1 aliphatic rings. The van der Waals surface area contributed by atoms with Crippen molar-refractivity contribution >= 4 is 28.9 Å². The summed E-state index contributed by atoms with van der Waals surface area (Å²) in [5.74, 6) is -1.11. The maximum atomic E-state index is 11.9. The lowest BCUT2D eigenvalue weighted by Gasteiger charge is -2.33. The topological polar surface area (TPSA) is 108 Å². The first-order valence-corrected chi connectivity index (χ1v) is 6.51. The molecule has 2 aromatic rings. The lowest BCUT2D eigenvalue weighted by molar-refractivity contribution is -0.139. The summed E-state index contributed by atoms with van der Waals surface area (Å²) < 4.78 is 0. The number of benzene rings is 1. The third-order valence-electron chi connectivity index (χ3n) is 3.31. The van der Waals surface area contributed by atoms with E-state index in [0.717, 1.165) is 0 Å². The van der Waals surface area contributed by atoms with Crippen molar-refractivity contribution in [3.8, 4) is 0 Å². The molecule has 1 aromatic heterocycles. The fourth-order valence-electron chi connectivity index (χ4n) is 2.32. The van der Waals surface area contributed by atoms with Gasteiger partial charge in [0.05, 0.1) is 11.9 Å². The highest BCUT2D eigenvalue weighted by Gasteiger charge is 2.33. The number of para-hydroxylation sites is 1. The molecule has 8 nitrogen and oxygen atoms in total. The van der Waals surface area contributed by atoms with Crippen LogP contribution >= 0.6 is 0 Å². The van der Waals surface area contributed by atoms with Crippen molar-refractivity contribution < 1.29 is 14.7 Å². The molecular formula is C13H13N5O3. The Hall–Kier alpha value is -2.77. The molecule has 8 heteroatoms. The Balaban J connectivity index is 1.97. The molecule has 0 radical (unpaired) electrons. The molecule has 21 heavy (non-hydrogen) atoms. The predicted octanol–water partition coefficient (Wildman–Crippen LogP) is -0.196. The Labute approximate surface area is 119 Å². The molecule has 108 valence electrons. The van der Waals surface area contributed by atoms with E-state index in [2.05, 4.69) is 20.5 Å². The van der Waals surface area contributed by atoms with Gasteiger partial charge in [-0.05, 0) is 12.1 Å². The summed E-state index contributed by atoms with van der Waals surface area (Å²) in [5, 5.41) is 19.7. The van der Waals surface area contributed by atoms with Crippen molar-refractivity contribution in [1.29, 1.82) is 0 Å². The van der Waals surface area contributed by atoms with Gasteiger partial charge in [0.2, 0.25) is 11.9 Å². The Morgan fingerprint density at radius 1 is 1.33 bits per heavy atom. The van der Waals surface area contributed by atoms with Crippen LogP contribution in [-0.4, -0.2) is 51.3 Å². The number of carbonyl (C=O) groups is 2. The molecule has 3 rings (SSSR count). The summed E-state index contributed by atoms with van der Waals surface area (Å²) >= 11 is 0. The molecule has 1 aromatic carbocycles. The lowest BCUT2D eigenvalue weighted by Crippen LogP contribution is -2.56. The van der Waals surface area contributed by atoms with Crippen molar-refractivity contribution in [2.45, 2.75) is 12.5 Å². The van der Waals surface area contributed by atoms with Crippen LogP contribution < -0.4 is 10.2 Å². The number of carboxylic acids is 1. The van der Waals surface area contributed by atoms with Gasteiger partial charge >= 0.3 is 5.97 Å². The predicted molar refractivity (Wildman–Crippen MR) is 73.7 cm³/mol. The SMILES string of the molecule is O=C(O)CC1C(=O)NCCN1c1nnc2ccccc2n1. The first-order valence-electron chi connectivity index (χ1n) is 6.51. The number of anilines is 1. The minimum absolute atomic E-state index is 0.273. The minimum Gasteiger partial charge on any atom is -0.481 e. The second kappa shape index (κ2) is 5.31. The van der Waals surface area contributed by atoms with Crippen LogP contribution in [0.4, 0.5) is 5.95 Å². The first-order chi connectivity index (χ1) is 10.1. The van der Waals surface area contributed by atoms with Crippen molar-refractivity contribution in [3.05, 3.63) is 24.3 Å². The van der Waals surface area contributed by atoms with Gasteiger partial charge in [0, 0.05) is 13.1 Å². The maximum Gasteiger partial charge on any atom is 0.305 e. The fraction of sp³-hybridized carbons (Fsp3) is 0.308. The monoisotopic (exact) mass is 287 g/mol. The van der Waals surface area contributed by atoms with Crippen molar-refractivity contribution in [2.75, 3.05) is 18.0 Å². The van der Waals surface area contributed by atoms with Gasteiger partial charge in [-0.1, -0.05) is 12.1 Å². The van der Waals surface area contributed by atoms with Crippen LogP contribution in [0.2, 0.25) is 0 Å². The van der Waals surface area contributed by atoms with E-state index < -0.39 is 12.0 Å². The normalized spacial score (nSPS) is 18.6. The molecular weight excluding hydrogens is 274 g/mol. The number of piperazine rings is 1. The number of nitrogens with zero attached hydrogens (tertiary/aromatic N) is 4. The highest BCUT2D eigenvalue weighted by molar-refractivity contribution is 5.90. The standard InChI is InChI=1S/C13H13N5O3/c19-11(20)7-10-12(21)14-5-6-18(10)13-15-8-3-1-2-4-9(8)16-17-13/h1-4,10H,5-7H2,(H,14,21)(H,19,20). The molecule has 0 saturated carbocycles. The van der Waals surface area contributed by atoms with Gasteiger partial charge in [-0.2, -0.15) is 0 Å². The van der Waals surface area contributed by atoms with Crippen molar-refractivity contribution in [3.63, 3.8) is 0 Å². The van der Waals surface area contributed by atoms with Gasteiger partial charge in [0.25, 0.3) is 0 Å². The van der Waals surface area contributed by atoms with Gasteiger partial charge in [-0.25, -0.2) is 4.98 Å². The molecule has 1 aliphatic heterocycles. The Bertz CT molecular complexity index is 705. The zero-order valence-corrected chi connectivity index (χ0v) is 11.1. The molecule has 1 fully saturated rings. The van der Waals surface area contributed by atoms with Crippen LogP contribution in [0.15, 0.2) is 24.3 Å². The van der Waals surface area contributed by atoms with Gasteiger partial charge in [-0.15, -0.1) is 10.2 Å². The summed E-state index contributed by atoms with van der Waals surface area (Å²) in [6.45, 7) is 0.870. The van der Waals surface area contributed by atoms with E-state index in [1.807, 2.05) is 12.1 Å². The van der Waals surface area contributed by atoms with Crippen molar-refractivity contribution in [1.82, 2.24) is 20.5 Å². The van der Waals surface area contributed by atoms with E-state index in [1.54, 1.807) is 17.0 Å². The first kappa shape index (κ1) is 13.2. The summed E-state index contributed by atoms with van der Waals surface area (Å²) in [6.07, 6.45) is -0.304. The van der Waals surface area contributed by atoms with E-state index in [-0.39, 0.29) is 18.3 Å². The maximum absolute atomic E-state index is 11.9. The molecule has 2 heterocycles. The summed E-state index contributed by atoms with van der Waals surface area (Å²) in [7, 11) is 0. The van der Waals surface area contributed by atoms with Crippen LogP contribution in [0.5, 0.6) is 0 Å². The average molecular weight is 287 g/mol. The molecule has 0 aliphatic carbocycles. The Morgan fingerprint density at radius 2 is 2.10 bits per heavy atom. The number of rotatable bonds is 3. The van der Waals surface area contributed by atoms with Gasteiger partial charge in [0.15, 0.2) is 0 Å². The van der Waals surface area contributed by atoms with Gasteiger partial charge < -0.3 is 15.3 Å². The Morgan fingerprint density at radius 3 is 2.86 bits per heavy atom. The Kier molecular flexibility index (Phi) is 3.35. The minimum atomic E-state index is -1.05. The second-order valence-electron chi connectivity index (χ2n) is 4.70. The molecule has 1 amide bonds. The quantitative estimate of drug-likeness (QED) is 0.805. The van der Waals surface area contributed by atoms with Gasteiger partial charge in [0.1, 0.15) is 11.6 Å². The number of aromatic nitrogens is 3. The third kappa shape index (κ3) is 2.60. The molecule has 2 N–H and O–H groups in total. The zero-order valence-electron chi connectivity index (χ0n) is 11.1. The number of hydrogen-bond donors (Lipinski definition) is 2. The molecule has 1 unspecified atom stereocenters. The van der Waals surface area contributed by atoms with E-state index >= 15 is 0 Å². The number of aliphatic carboxylic acids is 1. The van der Waals surface area contributed by atoms with E-state index in [0.29, 0.717) is 24.1 Å². The largest absolute Gasteiger partial charge is 0.481 e. The highest BCUT2D eigenvalue weighted by Crippen LogP contribution is 2.18. The van der Waals surface area contributed by atoms with Crippen LogP contribution in [0, 0.1) is 0 Å². The summed E-state index contributed by atoms with van der Waals surface area (Å²) in [5.41, 5.74) is 1.31. The van der Waals surface area contributed by atoms with E-state index in [1.165, 1.54) is 0 Å². The number of nitrogens with one attached hydrogen (secondary N) is 1. The van der Waals surface area contributed by atoms with Crippen LogP contribution in [0.3, 0.4) is 0 Å². The number of fused-ring (bicyclic) bond motifs is 1. The summed E-state index contributed by atoms with van der Waals surface area (Å²) in [4.78, 5) is 28.8. The molecule has 1 saturated heterocycles. The van der Waals surface area contributed by atoms with Crippen LogP contribution in [0.1, 0.15) is 6.42 Å². The number of carbonyl (C=O) groups excluding carboxylic acids is 1. The van der Waals surface area contributed by atoms with E-state index in [4.69, 9.17) is 5.11 Å². The van der Waals surface area contributed by atoms with E-state index in [9.17, 15) is 9.59 Å². The smallest absolute Gasteiger partial charge is 0.305 e. The number of amides is 1. The highest BCUT2D eigenvalue weighted by atomic mass is 16.4. The average Bonchev–Trinajstić information content (AvgIpc) is 2.48.